The summed E-state index contributed by atoms with van der Waals surface area (Å²) in [6.07, 6.45) is -8.55. The van der Waals surface area contributed by atoms with Crippen LogP contribution in [0.15, 0.2) is 60.8 Å². The van der Waals surface area contributed by atoms with E-state index >= 15 is 0 Å². The highest BCUT2D eigenvalue weighted by Crippen LogP contribution is 2.33. The minimum Gasteiger partial charge on any atom is -0.348 e. The molecule has 1 aromatic heterocycles. The zero-order valence-electron chi connectivity index (χ0n) is 14.6. The Bertz CT molecular complexity index is 992. The van der Waals surface area contributed by atoms with E-state index in [1.165, 1.54) is 24.3 Å². The van der Waals surface area contributed by atoms with E-state index < -0.39 is 35.1 Å². The summed E-state index contributed by atoms with van der Waals surface area (Å²) in [6, 6.07) is 11.4. The maximum absolute atomic E-state index is 13.6. The summed E-state index contributed by atoms with van der Waals surface area (Å²) < 4.78 is 79.0. The molecule has 0 radical (unpaired) electrons. The average molecular weight is 413 g/mol. The fourth-order valence-electron chi connectivity index (χ4n) is 2.64. The summed E-state index contributed by atoms with van der Waals surface area (Å²) in [6.45, 7) is -0.245. The summed E-state index contributed by atoms with van der Waals surface area (Å²) in [5.74, 6) is -1.04. The van der Waals surface area contributed by atoms with Crippen LogP contribution in [0.5, 0.6) is 0 Å². The Morgan fingerprint density at radius 3 is 2.07 bits per heavy atom. The second-order valence-electron chi connectivity index (χ2n) is 6.03. The lowest BCUT2D eigenvalue weighted by atomic mass is 10.1. The molecular weight excluding hydrogens is 400 g/mol. The number of para-hydroxylation sites is 1. The van der Waals surface area contributed by atoms with Crippen molar-refractivity contribution in [1.82, 2.24) is 15.1 Å². The van der Waals surface area contributed by atoms with Crippen LogP contribution < -0.4 is 5.32 Å². The molecule has 29 heavy (non-hydrogen) atoms. The molecule has 3 aromatic rings. The zero-order valence-corrected chi connectivity index (χ0v) is 14.6. The molecule has 10 heteroatoms. The number of carbonyl (C=O) groups excluding carboxylic acids is 1. The predicted octanol–water partition coefficient (Wildman–Crippen LogP) is 4.84. The molecule has 0 aliphatic carbocycles. The van der Waals surface area contributed by atoms with Gasteiger partial charge < -0.3 is 5.32 Å². The number of hydrogen-bond acceptors (Lipinski definition) is 2. The van der Waals surface area contributed by atoms with Gasteiger partial charge in [-0.1, -0.05) is 30.3 Å². The van der Waals surface area contributed by atoms with Crippen molar-refractivity contribution in [3.8, 4) is 5.69 Å². The molecule has 2 aromatic carbocycles. The van der Waals surface area contributed by atoms with Crippen molar-refractivity contribution in [2.75, 3.05) is 0 Å². The molecule has 1 heterocycles. The van der Waals surface area contributed by atoms with Gasteiger partial charge >= 0.3 is 12.4 Å². The van der Waals surface area contributed by atoms with Gasteiger partial charge in [-0.25, -0.2) is 4.68 Å². The fourth-order valence-corrected chi connectivity index (χ4v) is 2.64. The van der Waals surface area contributed by atoms with Gasteiger partial charge in [0, 0.05) is 6.54 Å². The third-order valence-corrected chi connectivity index (χ3v) is 4.02. The van der Waals surface area contributed by atoms with Gasteiger partial charge in [0.25, 0.3) is 5.91 Å². The molecule has 0 unspecified atom stereocenters. The van der Waals surface area contributed by atoms with Gasteiger partial charge in [0.1, 0.15) is 0 Å². The van der Waals surface area contributed by atoms with Gasteiger partial charge in [-0.3, -0.25) is 4.79 Å². The number of carbonyl (C=O) groups is 1. The van der Waals surface area contributed by atoms with Crippen LogP contribution in [-0.4, -0.2) is 15.7 Å². The first-order chi connectivity index (χ1) is 13.6. The number of amides is 1. The highest BCUT2D eigenvalue weighted by molar-refractivity contribution is 5.95. The van der Waals surface area contributed by atoms with Crippen LogP contribution in [0.1, 0.15) is 27.2 Å². The summed E-state index contributed by atoms with van der Waals surface area (Å²) in [5.41, 5.74) is -2.37. The Labute approximate surface area is 160 Å². The maximum Gasteiger partial charge on any atom is 0.434 e. The van der Waals surface area contributed by atoms with Crippen molar-refractivity contribution < 1.29 is 31.1 Å². The van der Waals surface area contributed by atoms with E-state index in [1.54, 1.807) is 6.07 Å². The molecule has 1 N–H and O–H groups in total. The highest BCUT2D eigenvalue weighted by atomic mass is 19.4. The van der Waals surface area contributed by atoms with Crippen LogP contribution >= 0.6 is 0 Å². The maximum atomic E-state index is 13.6. The number of benzene rings is 2. The van der Waals surface area contributed by atoms with E-state index in [0.717, 1.165) is 30.5 Å². The smallest absolute Gasteiger partial charge is 0.348 e. The van der Waals surface area contributed by atoms with Crippen molar-refractivity contribution in [3.05, 3.63) is 83.2 Å². The lowest BCUT2D eigenvalue weighted by Crippen LogP contribution is -2.26. The van der Waals surface area contributed by atoms with E-state index in [4.69, 9.17) is 0 Å². The monoisotopic (exact) mass is 413 g/mol. The third-order valence-electron chi connectivity index (χ3n) is 4.02. The number of rotatable bonds is 4. The first-order valence-electron chi connectivity index (χ1n) is 8.22. The summed E-state index contributed by atoms with van der Waals surface area (Å²) in [5, 5.41) is 5.96. The minimum absolute atomic E-state index is 0.126. The van der Waals surface area contributed by atoms with E-state index in [0.29, 0.717) is 10.2 Å². The number of halogens is 6. The Kier molecular flexibility index (Phi) is 5.36. The second-order valence-corrected chi connectivity index (χ2v) is 6.03. The summed E-state index contributed by atoms with van der Waals surface area (Å²) in [4.78, 5) is 12.3. The molecule has 152 valence electrons. The SMILES string of the molecule is O=C(NCc1ccc(C(F)(F)F)cc1)c1cnn(-c2ccccc2)c1C(F)(F)F. The van der Waals surface area contributed by atoms with E-state index in [-0.39, 0.29) is 12.2 Å². The van der Waals surface area contributed by atoms with Crippen molar-refractivity contribution >= 4 is 5.91 Å². The van der Waals surface area contributed by atoms with Crippen molar-refractivity contribution in [1.29, 1.82) is 0 Å². The van der Waals surface area contributed by atoms with Crippen molar-refractivity contribution in [2.45, 2.75) is 18.9 Å². The molecule has 3 rings (SSSR count). The zero-order chi connectivity index (χ0) is 21.2. The number of alkyl halides is 6. The average Bonchev–Trinajstić information content (AvgIpc) is 3.12. The molecule has 0 saturated carbocycles. The van der Waals surface area contributed by atoms with Gasteiger partial charge in [0.15, 0.2) is 5.69 Å². The highest BCUT2D eigenvalue weighted by Gasteiger charge is 2.40. The number of nitrogens with zero attached hydrogens (tertiary/aromatic N) is 2. The van der Waals surface area contributed by atoms with Gasteiger partial charge in [0.2, 0.25) is 0 Å². The Morgan fingerprint density at radius 2 is 1.52 bits per heavy atom. The topological polar surface area (TPSA) is 46.9 Å². The summed E-state index contributed by atoms with van der Waals surface area (Å²) in [7, 11) is 0. The van der Waals surface area contributed by atoms with Crippen LogP contribution in [0.3, 0.4) is 0 Å². The van der Waals surface area contributed by atoms with E-state index in [9.17, 15) is 31.1 Å². The molecule has 0 atom stereocenters. The Balaban J connectivity index is 1.82. The molecule has 4 nitrogen and oxygen atoms in total. The fraction of sp³-hybridized carbons (Fsp3) is 0.158. The van der Waals surface area contributed by atoms with Crippen molar-refractivity contribution in [2.24, 2.45) is 0 Å². The molecule has 0 aliphatic rings. The molecule has 0 spiro atoms. The number of hydrogen-bond donors (Lipinski definition) is 1. The first kappa shape index (κ1) is 20.4. The summed E-state index contributed by atoms with van der Waals surface area (Å²) >= 11 is 0. The molecular formula is C19H13F6N3O. The lowest BCUT2D eigenvalue weighted by Gasteiger charge is -2.13. The molecule has 1 amide bonds. The van der Waals surface area contributed by atoms with Gasteiger partial charge in [-0.15, -0.1) is 0 Å². The number of aromatic nitrogens is 2. The Morgan fingerprint density at radius 1 is 0.897 bits per heavy atom. The normalized spacial score (nSPS) is 12.1. The standard InChI is InChI=1S/C19H13F6N3O/c20-18(21,22)13-8-6-12(7-9-13)10-26-17(29)15-11-27-28(16(15)19(23,24)25)14-4-2-1-3-5-14/h1-9,11H,10H2,(H,26,29). The van der Waals surface area contributed by atoms with Crippen LogP contribution in [0.2, 0.25) is 0 Å². The van der Waals surface area contributed by atoms with Gasteiger partial charge in [-0.05, 0) is 29.8 Å². The van der Waals surface area contributed by atoms with Gasteiger partial charge in [0.05, 0.1) is 23.0 Å². The third kappa shape index (κ3) is 4.58. The number of nitrogens with one attached hydrogen (secondary N) is 1. The van der Waals surface area contributed by atoms with Crippen LogP contribution in [-0.2, 0) is 18.9 Å². The second kappa shape index (κ2) is 7.61. The van der Waals surface area contributed by atoms with Crippen LogP contribution in [0.25, 0.3) is 5.69 Å². The lowest BCUT2D eigenvalue weighted by molar-refractivity contribution is -0.143. The van der Waals surface area contributed by atoms with Crippen LogP contribution in [0.4, 0.5) is 26.3 Å². The van der Waals surface area contributed by atoms with E-state index in [2.05, 4.69) is 10.4 Å². The minimum atomic E-state index is -4.85. The molecule has 0 aliphatic heterocycles. The van der Waals surface area contributed by atoms with E-state index in [1.807, 2.05) is 0 Å². The predicted molar refractivity (Wildman–Crippen MR) is 91.2 cm³/mol. The van der Waals surface area contributed by atoms with Gasteiger partial charge in [-0.2, -0.15) is 31.4 Å². The molecule has 0 saturated heterocycles. The largest absolute Gasteiger partial charge is 0.434 e. The van der Waals surface area contributed by atoms with Crippen LogP contribution in [0, 0.1) is 0 Å². The molecule has 0 bridgehead atoms. The molecule has 0 fully saturated rings. The van der Waals surface area contributed by atoms with Crippen molar-refractivity contribution in [3.63, 3.8) is 0 Å². The Hall–Kier alpha value is -3.30. The quantitative estimate of drug-likeness (QED) is 0.623. The first-order valence-corrected chi connectivity index (χ1v) is 8.22.